The number of aryl methyl sites for hydroxylation is 1. The van der Waals surface area contributed by atoms with E-state index < -0.39 is 0 Å². The minimum Gasteiger partial charge on any atom is -0.377 e. The average Bonchev–Trinajstić information content (AvgIpc) is 3.08. The third-order valence-corrected chi connectivity index (χ3v) is 4.68. The van der Waals surface area contributed by atoms with E-state index in [4.69, 9.17) is 4.74 Å². The summed E-state index contributed by atoms with van der Waals surface area (Å²) in [7, 11) is 0. The van der Waals surface area contributed by atoms with E-state index in [1.54, 1.807) is 12.1 Å². The van der Waals surface area contributed by atoms with Crippen molar-refractivity contribution in [3.8, 4) is 0 Å². The molecule has 7 nitrogen and oxygen atoms in total. The van der Waals surface area contributed by atoms with Crippen molar-refractivity contribution in [3.05, 3.63) is 34.0 Å². The van der Waals surface area contributed by atoms with Gasteiger partial charge in [-0.3, -0.25) is 4.79 Å². The summed E-state index contributed by atoms with van der Waals surface area (Å²) in [5, 5.41) is 8.50. The Bertz CT molecular complexity index is 739. The molecule has 2 unspecified atom stereocenters. The number of nitrogens with one attached hydrogen (secondary N) is 1. The second kappa shape index (κ2) is 5.44. The Morgan fingerprint density at radius 3 is 3.05 bits per heavy atom. The summed E-state index contributed by atoms with van der Waals surface area (Å²) in [5.74, 6) is 1.48. The first-order valence-electron chi connectivity index (χ1n) is 7.45. The lowest BCUT2D eigenvalue weighted by molar-refractivity contribution is 0.182. The molecule has 0 aromatic carbocycles. The summed E-state index contributed by atoms with van der Waals surface area (Å²) in [6.07, 6.45) is 2.38. The highest BCUT2D eigenvalue weighted by Crippen LogP contribution is 2.39. The van der Waals surface area contributed by atoms with Crippen molar-refractivity contribution >= 4 is 16.7 Å². The fourth-order valence-corrected chi connectivity index (χ4v) is 3.35. The molecular weight excluding hydrogens is 302 g/mol. The molecule has 1 aliphatic carbocycles. The Hall–Kier alpha value is -1.80. The predicted octanol–water partition coefficient (Wildman–Crippen LogP) is 1.33. The van der Waals surface area contributed by atoms with Crippen LogP contribution >= 0.6 is 11.5 Å². The lowest BCUT2D eigenvalue weighted by atomic mass is 10.2. The van der Waals surface area contributed by atoms with Gasteiger partial charge in [0.05, 0.1) is 24.9 Å². The largest absolute Gasteiger partial charge is 0.377 e. The zero-order valence-corrected chi connectivity index (χ0v) is 13.0. The van der Waals surface area contributed by atoms with Gasteiger partial charge in [-0.2, -0.15) is 9.47 Å². The Labute approximate surface area is 131 Å². The molecule has 0 spiro atoms. The first-order valence-corrected chi connectivity index (χ1v) is 8.22. The van der Waals surface area contributed by atoms with Gasteiger partial charge >= 0.3 is 0 Å². The number of nitrogens with zero attached hydrogens (tertiary/aromatic N) is 4. The van der Waals surface area contributed by atoms with Gasteiger partial charge in [-0.25, -0.2) is 9.67 Å². The van der Waals surface area contributed by atoms with E-state index >= 15 is 0 Å². The van der Waals surface area contributed by atoms with Crippen LogP contribution in [0.15, 0.2) is 16.9 Å². The van der Waals surface area contributed by atoms with E-state index in [0.717, 1.165) is 16.6 Å². The molecule has 0 radical (unpaired) electrons. The molecule has 8 heteroatoms. The summed E-state index contributed by atoms with van der Waals surface area (Å²) < 4.78 is 11.5. The normalized spacial score (nSPS) is 24.6. The van der Waals surface area contributed by atoms with Crippen molar-refractivity contribution in [1.29, 1.82) is 0 Å². The highest BCUT2D eigenvalue weighted by Gasteiger charge is 2.33. The van der Waals surface area contributed by atoms with Gasteiger partial charge in [0.25, 0.3) is 5.56 Å². The number of anilines is 1. The minimum absolute atomic E-state index is 0.0213. The maximum absolute atomic E-state index is 12.0. The maximum Gasteiger partial charge on any atom is 0.267 e. The predicted molar refractivity (Wildman–Crippen MR) is 82.4 cm³/mol. The van der Waals surface area contributed by atoms with Gasteiger partial charge in [0.2, 0.25) is 5.13 Å². The number of ether oxygens (including phenoxy) is 1. The standard InChI is InChI=1S/C14H17N5O2S/c1-8-2-5-12(20)19(17-8)11-7-21-6-10(11)15-14-16-13(18-22-14)9-3-4-9/h2,5,9-11H,3-4,6-7H2,1H3,(H,15,16,18). The Morgan fingerprint density at radius 2 is 2.23 bits per heavy atom. The third-order valence-electron chi connectivity index (χ3n) is 4.02. The van der Waals surface area contributed by atoms with Crippen LogP contribution in [-0.2, 0) is 4.74 Å². The fourth-order valence-electron chi connectivity index (χ4n) is 2.64. The van der Waals surface area contributed by atoms with Crippen LogP contribution in [0.5, 0.6) is 0 Å². The molecule has 1 aliphatic heterocycles. The van der Waals surface area contributed by atoms with Crippen LogP contribution in [0.4, 0.5) is 5.13 Å². The molecule has 2 fully saturated rings. The molecule has 4 rings (SSSR count). The van der Waals surface area contributed by atoms with Gasteiger partial charge in [0.15, 0.2) is 0 Å². The van der Waals surface area contributed by atoms with E-state index in [2.05, 4.69) is 19.8 Å². The van der Waals surface area contributed by atoms with E-state index in [0.29, 0.717) is 19.1 Å². The van der Waals surface area contributed by atoms with Crippen molar-refractivity contribution in [2.24, 2.45) is 0 Å². The first-order chi connectivity index (χ1) is 10.7. The lowest BCUT2D eigenvalue weighted by Gasteiger charge is -2.19. The Kier molecular flexibility index (Phi) is 3.42. The topological polar surface area (TPSA) is 81.9 Å². The highest BCUT2D eigenvalue weighted by atomic mass is 32.1. The quantitative estimate of drug-likeness (QED) is 0.915. The number of hydrogen-bond acceptors (Lipinski definition) is 7. The molecule has 2 atom stereocenters. The van der Waals surface area contributed by atoms with Gasteiger partial charge in [0.1, 0.15) is 11.9 Å². The van der Waals surface area contributed by atoms with Crippen LogP contribution in [0.2, 0.25) is 0 Å². The van der Waals surface area contributed by atoms with Crippen LogP contribution < -0.4 is 10.9 Å². The summed E-state index contributed by atoms with van der Waals surface area (Å²) in [4.78, 5) is 16.6. The van der Waals surface area contributed by atoms with Crippen molar-refractivity contribution in [3.63, 3.8) is 0 Å². The Morgan fingerprint density at radius 1 is 1.36 bits per heavy atom. The SMILES string of the molecule is Cc1ccc(=O)n(C2COCC2Nc2nc(C3CC3)ns2)n1. The highest BCUT2D eigenvalue weighted by molar-refractivity contribution is 7.09. The molecule has 2 aliphatic rings. The molecule has 2 aromatic heterocycles. The van der Waals surface area contributed by atoms with E-state index in [9.17, 15) is 4.79 Å². The van der Waals surface area contributed by atoms with E-state index in [1.807, 2.05) is 6.92 Å². The van der Waals surface area contributed by atoms with Crippen molar-refractivity contribution in [2.75, 3.05) is 18.5 Å². The van der Waals surface area contributed by atoms with Crippen molar-refractivity contribution < 1.29 is 4.74 Å². The summed E-state index contributed by atoms with van der Waals surface area (Å²) >= 11 is 1.37. The Balaban J connectivity index is 1.55. The lowest BCUT2D eigenvalue weighted by Crippen LogP contribution is -2.37. The smallest absolute Gasteiger partial charge is 0.267 e. The molecule has 116 valence electrons. The molecular formula is C14H17N5O2S. The zero-order chi connectivity index (χ0) is 15.1. The fraction of sp³-hybridized carbons (Fsp3) is 0.571. The van der Waals surface area contributed by atoms with Crippen LogP contribution in [0.1, 0.15) is 36.3 Å². The second-order valence-electron chi connectivity index (χ2n) is 5.85. The zero-order valence-electron chi connectivity index (χ0n) is 12.2. The molecule has 0 amide bonds. The number of hydrogen-bond donors (Lipinski definition) is 1. The van der Waals surface area contributed by atoms with Crippen LogP contribution in [0.25, 0.3) is 0 Å². The summed E-state index contributed by atoms with van der Waals surface area (Å²) in [6.45, 7) is 2.88. The van der Waals surface area contributed by atoms with Crippen LogP contribution in [0.3, 0.4) is 0 Å². The van der Waals surface area contributed by atoms with Crippen LogP contribution in [0, 0.1) is 6.92 Å². The van der Waals surface area contributed by atoms with E-state index in [-0.39, 0.29) is 17.6 Å². The first kappa shape index (κ1) is 13.8. The van der Waals surface area contributed by atoms with Gasteiger partial charge in [0, 0.05) is 23.5 Å². The third kappa shape index (κ3) is 2.64. The van der Waals surface area contributed by atoms with Crippen LogP contribution in [-0.4, -0.2) is 38.4 Å². The molecule has 1 saturated heterocycles. The van der Waals surface area contributed by atoms with Crippen molar-refractivity contribution in [2.45, 2.75) is 37.8 Å². The number of aromatic nitrogens is 4. The van der Waals surface area contributed by atoms with Crippen molar-refractivity contribution in [1.82, 2.24) is 19.1 Å². The van der Waals surface area contributed by atoms with Gasteiger partial charge in [-0.1, -0.05) is 0 Å². The molecule has 2 aromatic rings. The second-order valence-corrected chi connectivity index (χ2v) is 6.60. The monoisotopic (exact) mass is 319 g/mol. The minimum atomic E-state index is -0.124. The van der Waals surface area contributed by atoms with Gasteiger partial charge < -0.3 is 10.1 Å². The number of rotatable bonds is 4. The molecule has 3 heterocycles. The van der Waals surface area contributed by atoms with Gasteiger partial charge in [-0.05, 0) is 25.8 Å². The molecule has 22 heavy (non-hydrogen) atoms. The molecule has 0 bridgehead atoms. The van der Waals surface area contributed by atoms with Gasteiger partial charge in [-0.15, -0.1) is 0 Å². The average molecular weight is 319 g/mol. The van der Waals surface area contributed by atoms with E-state index in [1.165, 1.54) is 29.1 Å². The summed E-state index contributed by atoms with van der Waals surface area (Å²) in [5.41, 5.74) is 0.709. The molecule has 1 N–H and O–H groups in total. The summed E-state index contributed by atoms with van der Waals surface area (Å²) in [6, 6.07) is 3.13. The molecule has 1 saturated carbocycles. The maximum atomic E-state index is 12.0.